The lowest BCUT2D eigenvalue weighted by Crippen LogP contribution is -2.44. The van der Waals surface area contributed by atoms with Gasteiger partial charge >= 0.3 is 0 Å². The van der Waals surface area contributed by atoms with Gasteiger partial charge in [-0.1, -0.05) is 12.1 Å². The van der Waals surface area contributed by atoms with Crippen LogP contribution in [0, 0.1) is 18.3 Å². The van der Waals surface area contributed by atoms with E-state index in [2.05, 4.69) is 11.4 Å². The van der Waals surface area contributed by atoms with Crippen LogP contribution in [0.15, 0.2) is 30.3 Å². The summed E-state index contributed by atoms with van der Waals surface area (Å²) in [6.45, 7) is 1.99. The van der Waals surface area contributed by atoms with Crippen LogP contribution in [0.5, 0.6) is 0 Å². The summed E-state index contributed by atoms with van der Waals surface area (Å²) in [5, 5.41) is 12.8. The summed E-state index contributed by atoms with van der Waals surface area (Å²) in [5.74, 6) is 0.0774. The van der Waals surface area contributed by atoms with Crippen LogP contribution in [0.4, 0.5) is 5.69 Å². The van der Waals surface area contributed by atoms with Gasteiger partial charge in [-0.3, -0.25) is 4.79 Å². The molecular formula is C18H18N4O. The summed E-state index contributed by atoms with van der Waals surface area (Å²) in [7, 11) is 1.89. The van der Waals surface area contributed by atoms with E-state index in [1.54, 1.807) is 0 Å². The third kappa shape index (κ3) is 2.02. The van der Waals surface area contributed by atoms with Crippen LogP contribution in [0.2, 0.25) is 0 Å². The minimum absolute atomic E-state index is 0.0774. The summed E-state index contributed by atoms with van der Waals surface area (Å²) in [4.78, 5) is 14.9. The van der Waals surface area contributed by atoms with Gasteiger partial charge in [0.25, 0.3) is 5.91 Å². The molecular weight excluding hydrogens is 288 g/mol. The Morgan fingerprint density at radius 3 is 2.70 bits per heavy atom. The van der Waals surface area contributed by atoms with E-state index in [1.165, 1.54) is 0 Å². The van der Waals surface area contributed by atoms with Crippen LogP contribution in [-0.4, -0.2) is 21.4 Å². The van der Waals surface area contributed by atoms with Crippen LogP contribution in [-0.2, 0) is 7.05 Å². The van der Waals surface area contributed by atoms with Crippen LogP contribution < -0.4 is 5.32 Å². The molecule has 1 aromatic carbocycles. The number of nitrogens with zero attached hydrogens (tertiary/aromatic N) is 3. The average Bonchev–Trinajstić information content (AvgIpc) is 3.35. The molecule has 2 heterocycles. The molecule has 0 unspecified atom stereocenters. The van der Waals surface area contributed by atoms with Crippen molar-refractivity contribution in [2.45, 2.75) is 32.0 Å². The molecule has 116 valence electrons. The number of benzene rings is 1. The van der Waals surface area contributed by atoms with Crippen molar-refractivity contribution in [2.24, 2.45) is 7.05 Å². The minimum Gasteiger partial charge on any atom is -0.361 e. The molecule has 0 radical (unpaired) electrons. The Labute approximate surface area is 135 Å². The molecule has 1 amide bonds. The zero-order valence-electron chi connectivity index (χ0n) is 13.2. The Hall–Kier alpha value is -2.74. The van der Waals surface area contributed by atoms with E-state index in [0.717, 1.165) is 35.3 Å². The molecule has 1 N–H and O–H groups in total. The number of carbonyl (C=O) groups excluding carboxylic acids is 1. The molecule has 5 heteroatoms. The molecule has 2 aliphatic rings. The molecule has 2 aromatic rings. The quantitative estimate of drug-likeness (QED) is 0.928. The van der Waals surface area contributed by atoms with E-state index < -0.39 is 0 Å². The number of carbonyl (C=O) groups is 1. The molecule has 1 aliphatic heterocycles. The Balaban J connectivity index is 1.84. The highest BCUT2D eigenvalue weighted by atomic mass is 16.2. The van der Waals surface area contributed by atoms with Gasteiger partial charge in [-0.15, -0.1) is 0 Å². The van der Waals surface area contributed by atoms with E-state index in [4.69, 9.17) is 0 Å². The minimum atomic E-state index is -0.210. The van der Waals surface area contributed by atoms with E-state index >= 15 is 0 Å². The van der Waals surface area contributed by atoms with Gasteiger partial charge in [0.2, 0.25) is 0 Å². The van der Waals surface area contributed by atoms with Crippen molar-refractivity contribution >= 4 is 11.6 Å². The number of hydrogen-bond donors (Lipinski definition) is 1. The monoisotopic (exact) mass is 306 g/mol. The fraction of sp³-hybridized carbons (Fsp3) is 0.333. The second-order valence-electron chi connectivity index (χ2n) is 6.28. The largest absolute Gasteiger partial charge is 0.361 e. The average molecular weight is 306 g/mol. The van der Waals surface area contributed by atoms with E-state index in [9.17, 15) is 10.1 Å². The molecule has 23 heavy (non-hydrogen) atoms. The predicted molar refractivity (Wildman–Crippen MR) is 86.9 cm³/mol. The molecule has 0 saturated heterocycles. The summed E-state index contributed by atoms with van der Waals surface area (Å²) < 4.78 is 1.88. The maximum atomic E-state index is 13.0. The number of hydrogen-bond acceptors (Lipinski definition) is 3. The maximum Gasteiger partial charge on any atom is 0.258 e. The molecule has 5 nitrogen and oxygen atoms in total. The zero-order valence-corrected chi connectivity index (χ0v) is 13.2. The number of fused-ring (bicyclic) bond motifs is 1. The van der Waals surface area contributed by atoms with E-state index in [0.29, 0.717) is 11.7 Å². The molecule has 1 aromatic heterocycles. The first-order valence-electron chi connectivity index (χ1n) is 7.86. The number of nitriles is 1. The third-order valence-electron chi connectivity index (χ3n) is 4.89. The van der Waals surface area contributed by atoms with Gasteiger partial charge in [-0.05, 0) is 38.0 Å². The Kier molecular flexibility index (Phi) is 2.95. The lowest BCUT2D eigenvalue weighted by atomic mass is 10.0. The van der Waals surface area contributed by atoms with Crippen molar-refractivity contribution in [1.82, 2.24) is 9.47 Å². The van der Waals surface area contributed by atoms with Crippen LogP contribution >= 0.6 is 0 Å². The summed E-state index contributed by atoms with van der Waals surface area (Å²) in [5.41, 5.74) is 4.21. The van der Waals surface area contributed by atoms with Crippen molar-refractivity contribution in [2.75, 3.05) is 5.32 Å². The predicted octanol–water partition coefficient (Wildman–Crippen LogP) is 2.93. The van der Waals surface area contributed by atoms with Gasteiger partial charge in [0.05, 0.1) is 5.56 Å². The molecule has 1 saturated carbocycles. The molecule has 4 rings (SSSR count). The summed E-state index contributed by atoms with van der Waals surface area (Å²) >= 11 is 0. The van der Waals surface area contributed by atoms with Crippen LogP contribution in [0.25, 0.3) is 0 Å². The Morgan fingerprint density at radius 2 is 2.04 bits per heavy atom. The van der Waals surface area contributed by atoms with Crippen molar-refractivity contribution in [3.05, 3.63) is 52.8 Å². The highest BCUT2D eigenvalue weighted by Gasteiger charge is 2.42. The first kappa shape index (κ1) is 13.9. The van der Waals surface area contributed by atoms with E-state index in [1.807, 2.05) is 53.8 Å². The highest BCUT2D eigenvalue weighted by molar-refractivity contribution is 6.02. The molecule has 0 spiro atoms. The van der Waals surface area contributed by atoms with Gasteiger partial charge in [-0.25, -0.2) is 0 Å². The summed E-state index contributed by atoms with van der Waals surface area (Å²) in [6, 6.07) is 12.0. The lowest BCUT2D eigenvalue weighted by Gasteiger charge is -2.38. The number of amides is 1. The number of para-hydroxylation sites is 1. The van der Waals surface area contributed by atoms with Gasteiger partial charge in [0.1, 0.15) is 17.9 Å². The Bertz CT molecular complexity index is 841. The smallest absolute Gasteiger partial charge is 0.258 e. The fourth-order valence-electron chi connectivity index (χ4n) is 3.33. The third-order valence-corrected chi connectivity index (χ3v) is 4.89. The molecule has 1 aliphatic carbocycles. The molecule has 0 bridgehead atoms. The number of aromatic nitrogens is 1. The number of anilines is 1. The van der Waals surface area contributed by atoms with Gasteiger partial charge in [0.15, 0.2) is 0 Å². The normalized spacial score (nSPS) is 20.0. The van der Waals surface area contributed by atoms with Gasteiger partial charge in [-0.2, -0.15) is 5.26 Å². The Morgan fingerprint density at radius 1 is 1.30 bits per heavy atom. The van der Waals surface area contributed by atoms with Crippen molar-refractivity contribution in [3.63, 3.8) is 0 Å². The van der Waals surface area contributed by atoms with Crippen molar-refractivity contribution in [3.8, 4) is 6.07 Å². The highest BCUT2D eigenvalue weighted by Crippen LogP contribution is 2.41. The van der Waals surface area contributed by atoms with Crippen LogP contribution in [0.3, 0.4) is 0 Å². The fourth-order valence-corrected chi connectivity index (χ4v) is 3.33. The van der Waals surface area contributed by atoms with E-state index in [-0.39, 0.29) is 12.1 Å². The first-order valence-corrected chi connectivity index (χ1v) is 7.86. The topological polar surface area (TPSA) is 61.1 Å². The molecule has 1 fully saturated rings. The standard InChI is InChI=1S/C18H18N4O/c1-11-15(9-13(10-19)21(11)2)17-20-16-6-4-3-5-14(16)18(23)22(17)12-7-8-12/h3-6,9,12,17,20H,7-8H2,1-2H3/t17-/m1/s1. The number of rotatable bonds is 2. The molecule has 1 atom stereocenters. The first-order chi connectivity index (χ1) is 11.1. The van der Waals surface area contributed by atoms with Gasteiger partial charge < -0.3 is 14.8 Å². The van der Waals surface area contributed by atoms with Crippen LogP contribution in [0.1, 0.15) is 46.3 Å². The van der Waals surface area contributed by atoms with Gasteiger partial charge in [0, 0.05) is 30.0 Å². The second-order valence-corrected chi connectivity index (χ2v) is 6.28. The summed E-state index contributed by atoms with van der Waals surface area (Å²) in [6.07, 6.45) is 1.88. The van der Waals surface area contributed by atoms with Crippen molar-refractivity contribution in [1.29, 1.82) is 5.26 Å². The van der Waals surface area contributed by atoms with Crippen molar-refractivity contribution < 1.29 is 4.79 Å². The maximum absolute atomic E-state index is 13.0. The zero-order chi connectivity index (χ0) is 16.1. The number of nitrogens with one attached hydrogen (secondary N) is 1. The SMILES string of the molecule is Cc1c([C@@H]2Nc3ccccc3C(=O)N2C2CC2)cc(C#N)n1C. The lowest BCUT2D eigenvalue weighted by molar-refractivity contribution is 0.0666. The second kappa shape index (κ2) is 4.88.